The molecule has 2 atom stereocenters. The first-order chi connectivity index (χ1) is 8.38. The van der Waals surface area contributed by atoms with E-state index in [-0.39, 0.29) is 0 Å². The van der Waals surface area contributed by atoms with E-state index in [1.807, 2.05) is 0 Å². The molecule has 17 heavy (non-hydrogen) atoms. The number of nitrogens with one attached hydrogen (secondary N) is 1. The maximum Gasteiger partial charge on any atom is 0.0591 e. The predicted molar refractivity (Wildman–Crippen MR) is 68.1 cm³/mol. The Bertz CT molecular complexity index is 178. The molecule has 0 spiro atoms. The molecular formula is C13H27NO3. The molecule has 0 saturated heterocycles. The van der Waals surface area contributed by atoms with Gasteiger partial charge in [0.2, 0.25) is 0 Å². The van der Waals surface area contributed by atoms with E-state index in [1.54, 1.807) is 7.11 Å². The highest BCUT2D eigenvalue weighted by Crippen LogP contribution is 2.23. The number of rotatable bonds is 9. The summed E-state index contributed by atoms with van der Waals surface area (Å²) in [5.74, 6) is 0.442. The fourth-order valence-electron chi connectivity index (χ4n) is 2.42. The van der Waals surface area contributed by atoms with Gasteiger partial charge in [-0.05, 0) is 25.2 Å². The monoisotopic (exact) mass is 245 g/mol. The molecule has 0 aromatic heterocycles. The summed E-state index contributed by atoms with van der Waals surface area (Å²) in [6.07, 6.45) is 5.84. The van der Waals surface area contributed by atoms with Gasteiger partial charge in [0.25, 0.3) is 0 Å². The van der Waals surface area contributed by atoms with Crippen molar-refractivity contribution in [3.05, 3.63) is 0 Å². The molecular weight excluding hydrogens is 218 g/mol. The lowest BCUT2D eigenvalue weighted by atomic mass is 9.85. The minimum atomic E-state index is 0.312. The van der Waals surface area contributed by atoms with Crippen molar-refractivity contribution in [2.24, 2.45) is 5.92 Å². The summed E-state index contributed by atoms with van der Waals surface area (Å²) >= 11 is 0. The van der Waals surface area contributed by atoms with Crippen molar-refractivity contribution < 1.29 is 14.6 Å². The lowest BCUT2D eigenvalue weighted by molar-refractivity contribution is 0.0960. The van der Waals surface area contributed by atoms with Gasteiger partial charge in [-0.15, -0.1) is 0 Å². The van der Waals surface area contributed by atoms with Crippen LogP contribution in [-0.2, 0) is 9.47 Å². The van der Waals surface area contributed by atoms with E-state index in [2.05, 4.69) is 5.32 Å². The summed E-state index contributed by atoms with van der Waals surface area (Å²) in [5, 5.41) is 12.8. The molecule has 2 unspecified atom stereocenters. The Kier molecular flexibility index (Phi) is 8.61. The third-order valence-corrected chi connectivity index (χ3v) is 3.43. The maximum absolute atomic E-state index is 9.28. The summed E-state index contributed by atoms with van der Waals surface area (Å²) in [6.45, 7) is 3.48. The molecule has 0 radical (unpaired) electrons. The fourth-order valence-corrected chi connectivity index (χ4v) is 2.42. The second kappa shape index (κ2) is 9.83. The average Bonchev–Trinajstić information content (AvgIpc) is 2.38. The van der Waals surface area contributed by atoms with Crippen molar-refractivity contribution in [1.29, 1.82) is 0 Å². The maximum atomic E-state index is 9.28. The first-order valence-corrected chi connectivity index (χ1v) is 6.79. The van der Waals surface area contributed by atoms with Crippen molar-refractivity contribution in [3.63, 3.8) is 0 Å². The molecule has 0 amide bonds. The molecule has 0 aliphatic heterocycles. The topological polar surface area (TPSA) is 50.7 Å². The number of aliphatic hydroxyl groups is 1. The van der Waals surface area contributed by atoms with Crippen molar-refractivity contribution in [1.82, 2.24) is 5.32 Å². The number of hydrogen-bond acceptors (Lipinski definition) is 4. The van der Waals surface area contributed by atoms with Crippen LogP contribution in [0.5, 0.6) is 0 Å². The molecule has 0 aromatic rings. The molecule has 1 aliphatic carbocycles. The number of hydrogen-bond donors (Lipinski definition) is 2. The van der Waals surface area contributed by atoms with Gasteiger partial charge in [0.15, 0.2) is 0 Å². The van der Waals surface area contributed by atoms with Gasteiger partial charge in [-0.3, -0.25) is 0 Å². The van der Waals surface area contributed by atoms with Crippen LogP contribution >= 0.6 is 0 Å². The first-order valence-electron chi connectivity index (χ1n) is 6.79. The molecule has 4 nitrogen and oxygen atoms in total. The van der Waals surface area contributed by atoms with Crippen molar-refractivity contribution in [2.75, 3.05) is 40.1 Å². The van der Waals surface area contributed by atoms with Crippen molar-refractivity contribution >= 4 is 0 Å². The average molecular weight is 245 g/mol. The highest BCUT2D eigenvalue weighted by atomic mass is 16.5. The van der Waals surface area contributed by atoms with Gasteiger partial charge in [0, 0.05) is 39.5 Å². The van der Waals surface area contributed by atoms with Gasteiger partial charge in [-0.1, -0.05) is 12.8 Å². The Morgan fingerprint density at radius 3 is 2.76 bits per heavy atom. The Balaban J connectivity index is 1.97. The van der Waals surface area contributed by atoms with Crippen LogP contribution in [0.1, 0.15) is 32.1 Å². The largest absolute Gasteiger partial charge is 0.396 e. The van der Waals surface area contributed by atoms with E-state index >= 15 is 0 Å². The predicted octanol–water partition coefficient (Wildman–Crippen LogP) is 1.18. The van der Waals surface area contributed by atoms with Gasteiger partial charge in [-0.2, -0.15) is 0 Å². The van der Waals surface area contributed by atoms with Gasteiger partial charge in [-0.25, -0.2) is 0 Å². The Morgan fingerprint density at radius 1 is 1.18 bits per heavy atom. The molecule has 4 heteroatoms. The van der Waals surface area contributed by atoms with Crippen molar-refractivity contribution in [2.45, 2.75) is 38.1 Å². The summed E-state index contributed by atoms with van der Waals surface area (Å²) in [4.78, 5) is 0. The number of aliphatic hydroxyl groups excluding tert-OH is 1. The van der Waals surface area contributed by atoms with Crippen LogP contribution < -0.4 is 5.32 Å². The zero-order valence-corrected chi connectivity index (χ0v) is 11.0. The molecule has 1 fully saturated rings. The van der Waals surface area contributed by atoms with E-state index in [0.717, 1.165) is 39.2 Å². The highest BCUT2D eigenvalue weighted by molar-refractivity contribution is 4.80. The van der Waals surface area contributed by atoms with E-state index in [9.17, 15) is 5.11 Å². The lowest BCUT2D eigenvalue weighted by Gasteiger charge is -2.31. The minimum Gasteiger partial charge on any atom is -0.396 e. The molecule has 1 rings (SSSR count). The van der Waals surface area contributed by atoms with Gasteiger partial charge < -0.3 is 19.9 Å². The third-order valence-electron chi connectivity index (χ3n) is 3.43. The van der Waals surface area contributed by atoms with Gasteiger partial charge >= 0.3 is 0 Å². The molecule has 0 aromatic carbocycles. The highest BCUT2D eigenvalue weighted by Gasteiger charge is 2.23. The fraction of sp³-hybridized carbons (Fsp3) is 1.00. The quantitative estimate of drug-likeness (QED) is 0.599. The number of ether oxygens (including phenoxy) is 2. The van der Waals surface area contributed by atoms with Crippen LogP contribution in [0.25, 0.3) is 0 Å². The van der Waals surface area contributed by atoms with Crippen LogP contribution in [0, 0.1) is 5.92 Å². The first kappa shape index (κ1) is 14.9. The SMILES string of the molecule is COCCCOCCNC1CCCCC1CO. The van der Waals surface area contributed by atoms with E-state index < -0.39 is 0 Å². The molecule has 1 aliphatic rings. The Labute approximate surface area is 105 Å². The molecule has 0 heterocycles. The second-order valence-corrected chi connectivity index (χ2v) is 4.75. The Morgan fingerprint density at radius 2 is 2.00 bits per heavy atom. The van der Waals surface area contributed by atoms with Crippen LogP contribution in [0.15, 0.2) is 0 Å². The van der Waals surface area contributed by atoms with Crippen LogP contribution in [-0.4, -0.2) is 51.2 Å². The standard InChI is InChI=1S/C13H27NO3/c1-16-8-4-9-17-10-7-14-13-6-3-2-5-12(13)11-15/h12-15H,2-11H2,1H3. The second-order valence-electron chi connectivity index (χ2n) is 4.75. The Hall–Kier alpha value is -0.160. The third kappa shape index (κ3) is 6.36. The van der Waals surface area contributed by atoms with Crippen molar-refractivity contribution in [3.8, 4) is 0 Å². The summed E-state index contributed by atoms with van der Waals surface area (Å²) in [6, 6.07) is 0.483. The van der Waals surface area contributed by atoms with E-state index in [4.69, 9.17) is 9.47 Å². The molecule has 0 bridgehead atoms. The summed E-state index contributed by atoms with van der Waals surface area (Å²) < 4.78 is 10.4. The van der Waals surface area contributed by atoms with Crippen LogP contribution in [0.4, 0.5) is 0 Å². The van der Waals surface area contributed by atoms with E-state index in [1.165, 1.54) is 19.3 Å². The van der Waals surface area contributed by atoms with Crippen LogP contribution in [0.3, 0.4) is 0 Å². The molecule has 2 N–H and O–H groups in total. The van der Waals surface area contributed by atoms with Gasteiger partial charge in [0.05, 0.1) is 6.61 Å². The minimum absolute atomic E-state index is 0.312. The summed E-state index contributed by atoms with van der Waals surface area (Å²) in [7, 11) is 1.71. The van der Waals surface area contributed by atoms with Crippen LogP contribution in [0.2, 0.25) is 0 Å². The smallest absolute Gasteiger partial charge is 0.0591 e. The molecule has 1 saturated carbocycles. The molecule has 102 valence electrons. The lowest BCUT2D eigenvalue weighted by Crippen LogP contribution is -2.41. The number of methoxy groups -OCH3 is 1. The zero-order valence-electron chi connectivity index (χ0n) is 11.0. The summed E-state index contributed by atoms with van der Waals surface area (Å²) in [5.41, 5.74) is 0. The zero-order chi connectivity index (χ0) is 12.3. The van der Waals surface area contributed by atoms with E-state index in [0.29, 0.717) is 18.6 Å². The van der Waals surface area contributed by atoms with Gasteiger partial charge in [0.1, 0.15) is 0 Å². The normalized spacial score (nSPS) is 25.1.